The maximum absolute atomic E-state index is 12.0. The highest BCUT2D eigenvalue weighted by Crippen LogP contribution is 1.99. The van der Waals surface area contributed by atoms with Crippen LogP contribution >= 0.6 is 0 Å². The minimum Gasteiger partial charge on any atom is -0.383 e. The Labute approximate surface area is 101 Å². The molecule has 0 spiro atoms. The summed E-state index contributed by atoms with van der Waals surface area (Å²) < 4.78 is 9.97. The van der Waals surface area contributed by atoms with Gasteiger partial charge in [-0.1, -0.05) is 0 Å². The van der Waals surface area contributed by atoms with Gasteiger partial charge in [0.1, 0.15) is 0 Å². The molecule has 1 heterocycles. The van der Waals surface area contributed by atoms with Crippen molar-refractivity contribution in [2.75, 3.05) is 40.5 Å². The summed E-state index contributed by atoms with van der Waals surface area (Å²) >= 11 is 0. The van der Waals surface area contributed by atoms with E-state index in [2.05, 4.69) is 10.2 Å². The molecule has 0 atom stereocenters. The summed E-state index contributed by atoms with van der Waals surface area (Å²) in [5, 5.41) is 6.59. The van der Waals surface area contributed by atoms with Gasteiger partial charge in [0, 0.05) is 39.2 Å². The van der Waals surface area contributed by atoms with E-state index in [1.54, 1.807) is 31.4 Å². The normalized spacial score (nSPS) is 10.5. The highest BCUT2D eigenvalue weighted by molar-refractivity contribution is 5.78. The molecule has 0 saturated carbocycles. The Kier molecular flexibility index (Phi) is 6.27. The third-order valence-electron chi connectivity index (χ3n) is 2.38. The van der Waals surface area contributed by atoms with Crippen LogP contribution in [0.5, 0.6) is 0 Å². The van der Waals surface area contributed by atoms with E-state index in [0.29, 0.717) is 32.7 Å². The van der Waals surface area contributed by atoms with Crippen molar-refractivity contribution in [2.45, 2.75) is 6.42 Å². The number of aromatic amines is 1. The van der Waals surface area contributed by atoms with Gasteiger partial charge in [-0.05, 0) is 6.07 Å². The number of rotatable bonds is 8. The fourth-order valence-corrected chi connectivity index (χ4v) is 1.42. The Morgan fingerprint density at radius 3 is 2.47 bits per heavy atom. The highest BCUT2D eigenvalue weighted by Gasteiger charge is 2.13. The molecule has 0 saturated heterocycles. The van der Waals surface area contributed by atoms with Gasteiger partial charge in [-0.3, -0.25) is 9.89 Å². The second kappa shape index (κ2) is 7.81. The summed E-state index contributed by atoms with van der Waals surface area (Å²) in [7, 11) is 3.24. The standard InChI is InChI=1S/C11H19N3O3/c1-16-7-5-14(6-8-17-2)11(15)9-10-3-4-12-13-10/h3-4H,5-9H2,1-2H3,(H,12,13). The zero-order chi connectivity index (χ0) is 12.5. The molecule has 0 aliphatic heterocycles. The highest BCUT2D eigenvalue weighted by atomic mass is 16.5. The number of carbonyl (C=O) groups excluding carboxylic acids is 1. The second-order valence-corrected chi connectivity index (χ2v) is 3.63. The van der Waals surface area contributed by atoms with Crippen LogP contribution in [0.4, 0.5) is 0 Å². The number of nitrogens with one attached hydrogen (secondary N) is 1. The molecule has 1 aromatic heterocycles. The van der Waals surface area contributed by atoms with Gasteiger partial charge in [-0.2, -0.15) is 5.10 Å². The molecule has 0 unspecified atom stereocenters. The predicted molar refractivity (Wildman–Crippen MR) is 62.6 cm³/mol. The monoisotopic (exact) mass is 241 g/mol. The molecule has 1 aromatic rings. The van der Waals surface area contributed by atoms with Crippen LogP contribution in [0.3, 0.4) is 0 Å². The smallest absolute Gasteiger partial charge is 0.228 e. The van der Waals surface area contributed by atoms with Crippen LogP contribution < -0.4 is 0 Å². The third-order valence-corrected chi connectivity index (χ3v) is 2.38. The largest absolute Gasteiger partial charge is 0.383 e. The van der Waals surface area contributed by atoms with Crippen LogP contribution in [0.25, 0.3) is 0 Å². The van der Waals surface area contributed by atoms with Crippen molar-refractivity contribution in [3.05, 3.63) is 18.0 Å². The molecule has 0 aliphatic carbocycles. The van der Waals surface area contributed by atoms with Crippen molar-refractivity contribution >= 4 is 5.91 Å². The van der Waals surface area contributed by atoms with Gasteiger partial charge in [0.25, 0.3) is 0 Å². The predicted octanol–water partition coefficient (Wildman–Crippen LogP) is 0.0736. The first-order valence-electron chi connectivity index (χ1n) is 5.51. The van der Waals surface area contributed by atoms with Crippen molar-refractivity contribution in [3.63, 3.8) is 0 Å². The molecule has 0 bridgehead atoms. The molecule has 17 heavy (non-hydrogen) atoms. The Morgan fingerprint density at radius 2 is 2.00 bits per heavy atom. The summed E-state index contributed by atoms with van der Waals surface area (Å²) in [4.78, 5) is 13.7. The summed E-state index contributed by atoms with van der Waals surface area (Å²) in [5.74, 6) is 0.0448. The van der Waals surface area contributed by atoms with Gasteiger partial charge in [-0.15, -0.1) is 0 Å². The minimum atomic E-state index is 0.0448. The molecular weight excluding hydrogens is 222 g/mol. The molecule has 1 N–H and O–H groups in total. The van der Waals surface area contributed by atoms with Crippen molar-refractivity contribution in [1.82, 2.24) is 15.1 Å². The summed E-state index contributed by atoms with van der Waals surface area (Å²) in [5.41, 5.74) is 0.815. The number of H-pyrrole nitrogens is 1. The first kappa shape index (κ1) is 13.7. The molecule has 0 aliphatic rings. The lowest BCUT2D eigenvalue weighted by Crippen LogP contribution is -2.37. The number of amides is 1. The van der Waals surface area contributed by atoms with Crippen molar-refractivity contribution in [3.8, 4) is 0 Å². The molecular formula is C11H19N3O3. The lowest BCUT2D eigenvalue weighted by Gasteiger charge is -2.21. The summed E-state index contributed by atoms with van der Waals surface area (Å²) in [6.07, 6.45) is 1.96. The van der Waals surface area contributed by atoms with E-state index < -0.39 is 0 Å². The average Bonchev–Trinajstić information content (AvgIpc) is 2.82. The Hall–Kier alpha value is -1.40. The van der Waals surface area contributed by atoms with Crippen LogP contribution in [0.15, 0.2) is 12.3 Å². The van der Waals surface area contributed by atoms with Crippen molar-refractivity contribution < 1.29 is 14.3 Å². The number of nitrogens with zero attached hydrogens (tertiary/aromatic N) is 2. The van der Waals surface area contributed by atoms with Gasteiger partial charge in [-0.25, -0.2) is 0 Å². The number of ether oxygens (including phenoxy) is 2. The van der Waals surface area contributed by atoms with Gasteiger partial charge in [0.05, 0.1) is 19.6 Å². The first-order chi connectivity index (χ1) is 8.27. The van der Waals surface area contributed by atoms with E-state index in [1.165, 1.54) is 0 Å². The molecule has 0 radical (unpaired) electrons. The molecule has 1 amide bonds. The van der Waals surface area contributed by atoms with Crippen LogP contribution in [0.1, 0.15) is 5.69 Å². The number of hydrogen-bond acceptors (Lipinski definition) is 4. The molecule has 1 rings (SSSR count). The topological polar surface area (TPSA) is 67.5 Å². The van der Waals surface area contributed by atoms with Gasteiger partial charge in [0.15, 0.2) is 0 Å². The van der Waals surface area contributed by atoms with E-state index in [0.717, 1.165) is 5.69 Å². The van der Waals surface area contributed by atoms with Crippen LogP contribution in [-0.4, -0.2) is 61.5 Å². The Balaban J connectivity index is 2.46. The molecule has 6 nitrogen and oxygen atoms in total. The lowest BCUT2D eigenvalue weighted by molar-refractivity contribution is -0.131. The fraction of sp³-hybridized carbons (Fsp3) is 0.636. The third kappa shape index (κ3) is 4.97. The van der Waals surface area contributed by atoms with E-state index in [4.69, 9.17) is 9.47 Å². The van der Waals surface area contributed by atoms with Crippen LogP contribution in [-0.2, 0) is 20.7 Å². The Bertz CT molecular complexity index is 306. The molecule has 0 aromatic carbocycles. The summed E-state index contributed by atoms with van der Waals surface area (Å²) in [6, 6.07) is 1.79. The first-order valence-corrected chi connectivity index (χ1v) is 5.51. The van der Waals surface area contributed by atoms with E-state index >= 15 is 0 Å². The van der Waals surface area contributed by atoms with Crippen molar-refractivity contribution in [1.29, 1.82) is 0 Å². The van der Waals surface area contributed by atoms with Gasteiger partial charge >= 0.3 is 0 Å². The van der Waals surface area contributed by atoms with Gasteiger partial charge in [0.2, 0.25) is 5.91 Å². The van der Waals surface area contributed by atoms with E-state index in [1.807, 2.05) is 0 Å². The number of aromatic nitrogens is 2. The maximum Gasteiger partial charge on any atom is 0.228 e. The molecule has 6 heteroatoms. The molecule has 0 fully saturated rings. The van der Waals surface area contributed by atoms with Crippen LogP contribution in [0, 0.1) is 0 Å². The summed E-state index contributed by atoms with van der Waals surface area (Å²) in [6.45, 7) is 2.20. The minimum absolute atomic E-state index is 0.0448. The number of methoxy groups -OCH3 is 2. The van der Waals surface area contributed by atoms with Gasteiger partial charge < -0.3 is 14.4 Å². The lowest BCUT2D eigenvalue weighted by atomic mass is 10.2. The van der Waals surface area contributed by atoms with E-state index in [-0.39, 0.29) is 5.91 Å². The number of carbonyl (C=O) groups is 1. The van der Waals surface area contributed by atoms with E-state index in [9.17, 15) is 4.79 Å². The van der Waals surface area contributed by atoms with Crippen molar-refractivity contribution in [2.24, 2.45) is 0 Å². The molecule has 96 valence electrons. The Morgan fingerprint density at radius 1 is 1.35 bits per heavy atom. The SMILES string of the molecule is COCCN(CCOC)C(=O)Cc1ccn[nH]1. The fourth-order valence-electron chi connectivity index (χ4n) is 1.42. The quantitative estimate of drug-likeness (QED) is 0.699. The zero-order valence-corrected chi connectivity index (χ0v) is 10.3. The average molecular weight is 241 g/mol. The maximum atomic E-state index is 12.0. The number of hydrogen-bond donors (Lipinski definition) is 1. The van der Waals surface area contributed by atoms with Crippen LogP contribution in [0.2, 0.25) is 0 Å². The zero-order valence-electron chi connectivity index (χ0n) is 10.3. The second-order valence-electron chi connectivity index (χ2n) is 3.63.